The summed E-state index contributed by atoms with van der Waals surface area (Å²) in [5, 5.41) is 7.06. The first-order chi connectivity index (χ1) is 12.1. The number of fused-ring (bicyclic) bond motifs is 1. The number of thiazole rings is 1. The molecule has 1 atom stereocenters. The Balaban J connectivity index is 1.50. The number of anilines is 1. The predicted molar refractivity (Wildman–Crippen MR) is 101 cm³/mol. The Morgan fingerprint density at radius 1 is 1.28 bits per heavy atom. The molecule has 1 fully saturated rings. The van der Waals surface area contributed by atoms with Crippen LogP contribution in [0.3, 0.4) is 0 Å². The van der Waals surface area contributed by atoms with E-state index < -0.39 is 0 Å². The fourth-order valence-electron chi connectivity index (χ4n) is 3.09. The standard InChI is InChI=1S/C19H20N4OS/c1-11-4-3-9-20-17(11)18(13-5-6-13)23-19(24)22-14-7-8-16-15(10-14)21-12(2)25-16/h3-4,7-10,13,18H,5-6H2,1-2H3,(H2,22,23,24). The molecule has 0 aliphatic heterocycles. The summed E-state index contributed by atoms with van der Waals surface area (Å²) >= 11 is 1.65. The Kier molecular flexibility index (Phi) is 4.13. The molecule has 1 unspecified atom stereocenters. The minimum Gasteiger partial charge on any atom is -0.329 e. The minimum atomic E-state index is -0.201. The number of rotatable bonds is 4. The van der Waals surface area contributed by atoms with Crippen molar-refractivity contribution < 1.29 is 4.79 Å². The van der Waals surface area contributed by atoms with Crippen LogP contribution in [-0.4, -0.2) is 16.0 Å². The largest absolute Gasteiger partial charge is 0.329 e. The molecule has 1 saturated carbocycles. The van der Waals surface area contributed by atoms with E-state index in [1.165, 1.54) is 0 Å². The van der Waals surface area contributed by atoms with Gasteiger partial charge in [0.2, 0.25) is 0 Å². The third kappa shape index (κ3) is 3.49. The summed E-state index contributed by atoms with van der Waals surface area (Å²) in [7, 11) is 0. The van der Waals surface area contributed by atoms with Gasteiger partial charge in [-0.2, -0.15) is 0 Å². The maximum Gasteiger partial charge on any atom is 0.319 e. The van der Waals surface area contributed by atoms with Gasteiger partial charge in [0.1, 0.15) is 0 Å². The number of nitrogens with zero attached hydrogens (tertiary/aromatic N) is 2. The average molecular weight is 352 g/mol. The highest BCUT2D eigenvalue weighted by atomic mass is 32.1. The lowest BCUT2D eigenvalue weighted by atomic mass is 10.0. The fraction of sp³-hybridized carbons (Fsp3) is 0.316. The summed E-state index contributed by atoms with van der Waals surface area (Å²) in [6.07, 6.45) is 4.05. The van der Waals surface area contributed by atoms with E-state index in [0.717, 1.165) is 45.0 Å². The van der Waals surface area contributed by atoms with E-state index in [-0.39, 0.29) is 12.1 Å². The SMILES string of the molecule is Cc1nc2cc(NC(=O)NC(c3ncccc3C)C3CC3)ccc2s1. The highest BCUT2D eigenvalue weighted by Crippen LogP contribution is 2.41. The molecule has 25 heavy (non-hydrogen) atoms. The third-order valence-electron chi connectivity index (χ3n) is 4.48. The molecule has 4 rings (SSSR count). The molecule has 0 spiro atoms. The second-order valence-electron chi connectivity index (χ2n) is 6.53. The maximum absolute atomic E-state index is 12.5. The van der Waals surface area contributed by atoms with Crippen LogP contribution in [-0.2, 0) is 0 Å². The van der Waals surface area contributed by atoms with E-state index >= 15 is 0 Å². The number of aryl methyl sites for hydroxylation is 2. The minimum absolute atomic E-state index is 0.0357. The van der Waals surface area contributed by atoms with Gasteiger partial charge in [-0.25, -0.2) is 9.78 Å². The monoisotopic (exact) mass is 352 g/mol. The molecular formula is C19H20N4OS. The predicted octanol–water partition coefficient (Wildman–Crippen LogP) is 4.58. The van der Waals surface area contributed by atoms with Crippen molar-refractivity contribution >= 4 is 33.3 Å². The maximum atomic E-state index is 12.5. The molecule has 1 aromatic carbocycles. The second kappa shape index (κ2) is 6.44. The summed E-state index contributed by atoms with van der Waals surface area (Å²) in [5.74, 6) is 0.475. The number of carbonyl (C=O) groups excluding carboxylic acids is 1. The molecular weight excluding hydrogens is 332 g/mol. The van der Waals surface area contributed by atoms with Crippen LogP contribution >= 0.6 is 11.3 Å². The van der Waals surface area contributed by atoms with Gasteiger partial charge in [0.05, 0.1) is 27.0 Å². The summed E-state index contributed by atoms with van der Waals surface area (Å²) in [5.41, 5.74) is 3.74. The summed E-state index contributed by atoms with van der Waals surface area (Å²) in [6, 6.07) is 9.55. The van der Waals surface area contributed by atoms with E-state index in [0.29, 0.717) is 5.92 Å². The highest BCUT2D eigenvalue weighted by molar-refractivity contribution is 7.18. The lowest BCUT2D eigenvalue weighted by Gasteiger charge is -2.20. The molecule has 2 aromatic heterocycles. The Hall–Kier alpha value is -2.47. The average Bonchev–Trinajstić information content (AvgIpc) is 3.35. The van der Waals surface area contributed by atoms with Crippen LogP contribution in [0.15, 0.2) is 36.5 Å². The number of amides is 2. The Bertz CT molecular complexity index is 932. The molecule has 0 bridgehead atoms. The number of hydrogen-bond donors (Lipinski definition) is 2. The van der Waals surface area contributed by atoms with E-state index in [4.69, 9.17) is 0 Å². The quantitative estimate of drug-likeness (QED) is 0.722. The zero-order chi connectivity index (χ0) is 17.4. The van der Waals surface area contributed by atoms with Crippen molar-refractivity contribution in [3.63, 3.8) is 0 Å². The van der Waals surface area contributed by atoms with Gasteiger partial charge in [-0.3, -0.25) is 4.98 Å². The fourth-order valence-corrected chi connectivity index (χ4v) is 3.90. The van der Waals surface area contributed by atoms with Gasteiger partial charge >= 0.3 is 6.03 Å². The van der Waals surface area contributed by atoms with Gasteiger partial charge in [-0.15, -0.1) is 11.3 Å². The first kappa shape index (κ1) is 16.0. The Morgan fingerprint density at radius 3 is 2.88 bits per heavy atom. The first-order valence-electron chi connectivity index (χ1n) is 8.46. The van der Waals surface area contributed by atoms with Crippen LogP contribution in [0.4, 0.5) is 10.5 Å². The van der Waals surface area contributed by atoms with Gasteiger partial charge < -0.3 is 10.6 Å². The van der Waals surface area contributed by atoms with E-state index in [1.54, 1.807) is 17.5 Å². The second-order valence-corrected chi connectivity index (χ2v) is 7.77. The van der Waals surface area contributed by atoms with Crippen molar-refractivity contribution in [2.24, 2.45) is 5.92 Å². The zero-order valence-electron chi connectivity index (χ0n) is 14.2. The Morgan fingerprint density at radius 2 is 2.12 bits per heavy atom. The molecule has 5 nitrogen and oxygen atoms in total. The normalized spacial score (nSPS) is 15.1. The number of hydrogen-bond acceptors (Lipinski definition) is 4. The molecule has 6 heteroatoms. The zero-order valence-corrected chi connectivity index (χ0v) is 15.1. The van der Waals surface area contributed by atoms with Crippen LogP contribution in [0.25, 0.3) is 10.2 Å². The van der Waals surface area contributed by atoms with Crippen molar-refractivity contribution in [2.45, 2.75) is 32.7 Å². The van der Waals surface area contributed by atoms with Gasteiger partial charge in [0.25, 0.3) is 0 Å². The van der Waals surface area contributed by atoms with Gasteiger partial charge in [0, 0.05) is 11.9 Å². The lowest BCUT2D eigenvalue weighted by molar-refractivity contribution is 0.246. The van der Waals surface area contributed by atoms with Crippen molar-refractivity contribution in [3.8, 4) is 0 Å². The van der Waals surface area contributed by atoms with Crippen molar-refractivity contribution in [1.29, 1.82) is 0 Å². The number of aromatic nitrogens is 2. The molecule has 0 saturated heterocycles. The topological polar surface area (TPSA) is 66.9 Å². The molecule has 1 aliphatic carbocycles. The molecule has 128 valence electrons. The van der Waals surface area contributed by atoms with Gasteiger partial charge in [0.15, 0.2) is 0 Å². The van der Waals surface area contributed by atoms with Crippen molar-refractivity contribution in [2.75, 3.05) is 5.32 Å². The van der Waals surface area contributed by atoms with E-state index in [9.17, 15) is 4.79 Å². The number of carbonyl (C=O) groups is 1. The van der Waals surface area contributed by atoms with Gasteiger partial charge in [-0.1, -0.05) is 6.07 Å². The first-order valence-corrected chi connectivity index (χ1v) is 9.28. The third-order valence-corrected chi connectivity index (χ3v) is 5.43. The number of benzene rings is 1. The molecule has 2 N–H and O–H groups in total. The van der Waals surface area contributed by atoms with E-state index in [1.807, 2.05) is 44.2 Å². The lowest BCUT2D eigenvalue weighted by Crippen LogP contribution is -2.34. The summed E-state index contributed by atoms with van der Waals surface area (Å²) in [4.78, 5) is 21.5. The molecule has 1 aliphatic rings. The van der Waals surface area contributed by atoms with Crippen LogP contribution in [0.1, 0.15) is 35.1 Å². The number of pyridine rings is 1. The van der Waals surface area contributed by atoms with Crippen LogP contribution in [0, 0.1) is 19.8 Å². The van der Waals surface area contributed by atoms with Gasteiger partial charge in [-0.05, 0) is 62.4 Å². The molecule has 2 amide bonds. The van der Waals surface area contributed by atoms with Crippen molar-refractivity contribution in [1.82, 2.24) is 15.3 Å². The molecule has 0 radical (unpaired) electrons. The highest BCUT2D eigenvalue weighted by Gasteiger charge is 2.35. The van der Waals surface area contributed by atoms with Crippen LogP contribution < -0.4 is 10.6 Å². The summed E-state index contributed by atoms with van der Waals surface area (Å²) < 4.78 is 1.13. The van der Waals surface area contributed by atoms with Crippen LogP contribution in [0.5, 0.6) is 0 Å². The summed E-state index contributed by atoms with van der Waals surface area (Å²) in [6.45, 7) is 4.02. The van der Waals surface area contributed by atoms with Crippen LogP contribution in [0.2, 0.25) is 0 Å². The number of urea groups is 1. The smallest absolute Gasteiger partial charge is 0.319 e. The van der Waals surface area contributed by atoms with Crippen molar-refractivity contribution in [3.05, 3.63) is 52.8 Å². The molecule has 2 heterocycles. The molecule has 3 aromatic rings. The van der Waals surface area contributed by atoms with E-state index in [2.05, 4.69) is 20.6 Å². The number of nitrogens with one attached hydrogen (secondary N) is 2. The Labute approximate surface area is 150 Å².